The second kappa shape index (κ2) is 5.31. The van der Waals surface area contributed by atoms with Crippen LogP contribution in [0.15, 0.2) is 41.3 Å². The summed E-state index contributed by atoms with van der Waals surface area (Å²) in [5.41, 5.74) is 3.76. The normalized spacial score (nSPS) is 15.9. The summed E-state index contributed by atoms with van der Waals surface area (Å²) in [6.45, 7) is 6.70. The van der Waals surface area contributed by atoms with E-state index in [2.05, 4.69) is 32.7 Å². The van der Waals surface area contributed by atoms with Crippen molar-refractivity contribution in [3.63, 3.8) is 0 Å². The minimum absolute atomic E-state index is 0.0266. The molecule has 1 fully saturated rings. The summed E-state index contributed by atoms with van der Waals surface area (Å²) in [5.74, 6) is 0. The zero-order valence-electron chi connectivity index (χ0n) is 13.3. The van der Waals surface area contributed by atoms with E-state index in [1.807, 2.05) is 25.1 Å². The van der Waals surface area contributed by atoms with E-state index < -0.39 is 0 Å². The predicted molar refractivity (Wildman–Crippen MR) is 87.5 cm³/mol. The molecule has 3 aromatic rings. The van der Waals surface area contributed by atoms with E-state index in [1.54, 1.807) is 16.7 Å². The first-order valence-corrected chi connectivity index (χ1v) is 7.82. The van der Waals surface area contributed by atoms with Gasteiger partial charge in [0.05, 0.1) is 17.4 Å². The standard InChI is InChI=1S/C17H19N5O/c1-12-7-13(2)22(19-12)15-10-20(11-15)9-14-8-17(23)21-6-4-3-5-16(21)18-14/h3-8,15H,9-11H2,1-2H3. The number of nitrogens with zero attached hydrogens (tertiary/aromatic N) is 5. The lowest BCUT2D eigenvalue weighted by Crippen LogP contribution is -2.47. The van der Waals surface area contributed by atoms with Crippen molar-refractivity contribution in [3.05, 3.63) is 64.0 Å². The van der Waals surface area contributed by atoms with E-state index in [0.29, 0.717) is 18.2 Å². The number of likely N-dealkylation sites (tertiary alicyclic amines) is 1. The molecule has 0 unspecified atom stereocenters. The summed E-state index contributed by atoms with van der Waals surface area (Å²) in [6, 6.07) is 9.75. The molecule has 0 aliphatic carbocycles. The first kappa shape index (κ1) is 14.1. The maximum absolute atomic E-state index is 12.1. The molecule has 3 aromatic heterocycles. The summed E-state index contributed by atoms with van der Waals surface area (Å²) in [6.07, 6.45) is 1.75. The topological polar surface area (TPSA) is 55.4 Å². The molecular weight excluding hydrogens is 290 g/mol. The SMILES string of the molecule is Cc1cc(C)n(C2CN(Cc3cc(=O)n4ccccc4n3)C2)n1. The van der Waals surface area contributed by atoms with Gasteiger partial charge in [-0.1, -0.05) is 6.07 Å². The Morgan fingerprint density at radius 1 is 1.22 bits per heavy atom. The van der Waals surface area contributed by atoms with Crippen molar-refractivity contribution in [2.75, 3.05) is 13.1 Å². The predicted octanol–water partition coefficient (Wildman–Crippen LogP) is 1.56. The van der Waals surface area contributed by atoms with Crippen molar-refractivity contribution in [3.8, 4) is 0 Å². The van der Waals surface area contributed by atoms with E-state index in [1.165, 1.54) is 5.69 Å². The molecule has 0 N–H and O–H groups in total. The number of aromatic nitrogens is 4. The minimum Gasteiger partial charge on any atom is -0.293 e. The quantitative estimate of drug-likeness (QED) is 0.737. The summed E-state index contributed by atoms with van der Waals surface area (Å²) >= 11 is 0. The molecule has 6 nitrogen and oxygen atoms in total. The zero-order valence-corrected chi connectivity index (χ0v) is 13.3. The van der Waals surface area contributed by atoms with Crippen molar-refractivity contribution in [1.82, 2.24) is 24.1 Å². The highest BCUT2D eigenvalue weighted by Gasteiger charge is 2.30. The first-order valence-electron chi connectivity index (χ1n) is 7.82. The van der Waals surface area contributed by atoms with Crippen LogP contribution in [0.1, 0.15) is 23.1 Å². The summed E-state index contributed by atoms with van der Waals surface area (Å²) in [4.78, 5) is 19.0. The van der Waals surface area contributed by atoms with Crippen LogP contribution in [0, 0.1) is 13.8 Å². The second-order valence-corrected chi connectivity index (χ2v) is 6.23. The molecule has 118 valence electrons. The highest BCUT2D eigenvalue weighted by Crippen LogP contribution is 2.23. The van der Waals surface area contributed by atoms with Crippen LogP contribution in [0.5, 0.6) is 0 Å². The molecule has 1 aliphatic heterocycles. The van der Waals surface area contributed by atoms with Crippen LogP contribution in [0.4, 0.5) is 0 Å². The highest BCUT2D eigenvalue weighted by atomic mass is 16.1. The lowest BCUT2D eigenvalue weighted by Gasteiger charge is -2.39. The summed E-state index contributed by atoms with van der Waals surface area (Å²) < 4.78 is 3.67. The Morgan fingerprint density at radius 2 is 2.04 bits per heavy atom. The average Bonchev–Trinajstić information content (AvgIpc) is 2.81. The van der Waals surface area contributed by atoms with Gasteiger partial charge >= 0.3 is 0 Å². The van der Waals surface area contributed by atoms with E-state index in [9.17, 15) is 4.79 Å². The third kappa shape index (κ3) is 2.55. The van der Waals surface area contributed by atoms with Gasteiger partial charge in [0, 0.05) is 37.6 Å². The molecule has 1 saturated heterocycles. The van der Waals surface area contributed by atoms with Gasteiger partial charge in [0.15, 0.2) is 0 Å². The maximum atomic E-state index is 12.1. The third-order valence-electron chi connectivity index (χ3n) is 4.34. The highest BCUT2D eigenvalue weighted by molar-refractivity contribution is 5.38. The number of hydrogen-bond acceptors (Lipinski definition) is 4. The van der Waals surface area contributed by atoms with Crippen LogP contribution >= 0.6 is 0 Å². The summed E-state index contributed by atoms with van der Waals surface area (Å²) in [7, 11) is 0. The Hall–Kier alpha value is -2.47. The molecule has 0 spiro atoms. The fraction of sp³-hybridized carbons (Fsp3) is 0.353. The van der Waals surface area contributed by atoms with Gasteiger partial charge in [0.25, 0.3) is 5.56 Å². The molecule has 0 amide bonds. The van der Waals surface area contributed by atoms with Gasteiger partial charge in [-0.2, -0.15) is 5.10 Å². The third-order valence-corrected chi connectivity index (χ3v) is 4.34. The van der Waals surface area contributed by atoms with Crippen LogP contribution in [0.3, 0.4) is 0 Å². The second-order valence-electron chi connectivity index (χ2n) is 6.23. The van der Waals surface area contributed by atoms with Crippen molar-refractivity contribution in [2.45, 2.75) is 26.4 Å². The molecule has 0 aromatic carbocycles. The first-order chi connectivity index (χ1) is 11.1. The molecule has 1 aliphatic rings. The Labute approximate surface area is 134 Å². The molecule has 0 atom stereocenters. The lowest BCUT2D eigenvalue weighted by atomic mass is 10.1. The van der Waals surface area contributed by atoms with Gasteiger partial charge in [-0.05, 0) is 32.0 Å². The average molecular weight is 309 g/mol. The summed E-state index contributed by atoms with van der Waals surface area (Å²) in [5, 5.41) is 4.55. The molecule has 4 rings (SSSR count). The molecule has 0 radical (unpaired) electrons. The fourth-order valence-electron chi connectivity index (χ4n) is 3.26. The van der Waals surface area contributed by atoms with Crippen LogP contribution in [0.25, 0.3) is 5.65 Å². The van der Waals surface area contributed by atoms with E-state index in [4.69, 9.17) is 0 Å². The van der Waals surface area contributed by atoms with Gasteiger partial charge in [-0.25, -0.2) is 4.98 Å². The van der Waals surface area contributed by atoms with E-state index >= 15 is 0 Å². The monoisotopic (exact) mass is 309 g/mol. The van der Waals surface area contributed by atoms with Crippen molar-refractivity contribution in [1.29, 1.82) is 0 Å². The number of aryl methyl sites for hydroxylation is 2. The van der Waals surface area contributed by atoms with E-state index in [0.717, 1.165) is 24.5 Å². The smallest absolute Gasteiger partial charge is 0.258 e. The Bertz CT molecular complexity index is 920. The van der Waals surface area contributed by atoms with Gasteiger partial charge in [0.2, 0.25) is 0 Å². The lowest BCUT2D eigenvalue weighted by molar-refractivity contribution is 0.0880. The zero-order chi connectivity index (χ0) is 16.0. The van der Waals surface area contributed by atoms with Crippen LogP contribution in [-0.4, -0.2) is 37.2 Å². The fourth-order valence-corrected chi connectivity index (χ4v) is 3.26. The van der Waals surface area contributed by atoms with Crippen LogP contribution in [-0.2, 0) is 6.54 Å². The molecule has 0 saturated carbocycles. The number of rotatable bonds is 3. The van der Waals surface area contributed by atoms with Crippen molar-refractivity contribution < 1.29 is 0 Å². The molecule has 0 bridgehead atoms. The molecule has 4 heterocycles. The number of hydrogen-bond donors (Lipinski definition) is 0. The Kier molecular flexibility index (Phi) is 3.27. The minimum atomic E-state index is -0.0266. The van der Waals surface area contributed by atoms with Gasteiger partial charge in [-0.15, -0.1) is 0 Å². The Balaban J connectivity index is 1.48. The van der Waals surface area contributed by atoms with Gasteiger partial charge in [-0.3, -0.25) is 18.8 Å². The van der Waals surface area contributed by atoms with Crippen molar-refractivity contribution in [2.24, 2.45) is 0 Å². The van der Waals surface area contributed by atoms with Gasteiger partial charge in [0.1, 0.15) is 5.65 Å². The van der Waals surface area contributed by atoms with E-state index in [-0.39, 0.29) is 5.56 Å². The maximum Gasteiger partial charge on any atom is 0.258 e. The molecule has 6 heteroatoms. The Morgan fingerprint density at radius 3 is 2.78 bits per heavy atom. The van der Waals surface area contributed by atoms with Crippen molar-refractivity contribution >= 4 is 5.65 Å². The van der Waals surface area contributed by atoms with Crippen LogP contribution in [0.2, 0.25) is 0 Å². The van der Waals surface area contributed by atoms with Gasteiger partial charge < -0.3 is 0 Å². The van der Waals surface area contributed by atoms with Crippen LogP contribution < -0.4 is 5.56 Å². The number of pyridine rings is 1. The largest absolute Gasteiger partial charge is 0.293 e. The molecule has 23 heavy (non-hydrogen) atoms. The number of fused-ring (bicyclic) bond motifs is 1. The molecular formula is C17H19N5O.